The minimum Gasteiger partial charge on any atom is -0.434 e. The van der Waals surface area contributed by atoms with Gasteiger partial charge in [0.15, 0.2) is 6.10 Å². The molecule has 10 heteroatoms. The van der Waals surface area contributed by atoms with Gasteiger partial charge >= 0.3 is 6.09 Å². The average Bonchev–Trinajstić information content (AvgIpc) is 3.04. The summed E-state index contributed by atoms with van der Waals surface area (Å²) in [4.78, 5) is 39.2. The number of carbonyl (C=O) groups excluding carboxylic acids is 3. The molecule has 27 heavy (non-hydrogen) atoms. The Morgan fingerprint density at radius 1 is 1.37 bits per heavy atom. The Kier molecular flexibility index (Phi) is 4.99. The van der Waals surface area contributed by atoms with Crippen LogP contribution in [0.15, 0.2) is 36.5 Å². The number of pyridine rings is 1. The maximum atomic E-state index is 14.5. The van der Waals surface area contributed by atoms with E-state index >= 15 is 0 Å². The molecule has 1 fully saturated rings. The molecule has 0 saturated carbocycles. The predicted molar refractivity (Wildman–Crippen MR) is 92.2 cm³/mol. The normalized spacial score (nSPS) is 16.1. The van der Waals surface area contributed by atoms with E-state index in [0.29, 0.717) is 5.56 Å². The van der Waals surface area contributed by atoms with E-state index in [4.69, 9.17) is 15.6 Å². The van der Waals surface area contributed by atoms with Gasteiger partial charge in [-0.1, -0.05) is 0 Å². The van der Waals surface area contributed by atoms with Crippen LogP contribution in [0.4, 0.5) is 20.7 Å². The summed E-state index contributed by atoms with van der Waals surface area (Å²) in [5.41, 5.74) is 6.02. The third-order valence-electron chi connectivity index (χ3n) is 3.88. The Balaban J connectivity index is 1.80. The summed E-state index contributed by atoms with van der Waals surface area (Å²) in [6.07, 6.45) is -0.499. The number of aliphatic hydroxyl groups excluding tert-OH is 1. The summed E-state index contributed by atoms with van der Waals surface area (Å²) >= 11 is 0. The molecular formula is C17H15FN4O5. The molecule has 0 radical (unpaired) electrons. The molecule has 1 aromatic heterocycles. The zero-order chi connectivity index (χ0) is 19.6. The van der Waals surface area contributed by atoms with Gasteiger partial charge in [0, 0.05) is 17.3 Å². The molecule has 0 spiro atoms. The van der Waals surface area contributed by atoms with Crippen LogP contribution in [0.25, 0.3) is 11.1 Å². The van der Waals surface area contributed by atoms with Gasteiger partial charge in [0.1, 0.15) is 18.2 Å². The highest BCUT2D eigenvalue weighted by atomic mass is 19.1. The fourth-order valence-electron chi connectivity index (χ4n) is 2.54. The van der Waals surface area contributed by atoms with Crippen molar-refractivity contribution in [3.8, 4) is 11.1 Å². The van der Waals surface area contributed by atoms with Crippen LogP contribution in [0.3, 0.4) is 0 Å². The van der Waals surface area contributed by atoms with E-state index < -0.39 is 36.4 Å². The predicted octanol–water partition coefficient (Wildman–Crippen LogP) is 0.629. The van der Waals surface area contributed by atoms with Gasteiger partial charge in [-0.05, 0) is 30.3 Å². The summed E-state index contributed by atoms with van der Waals surface area (Å²) in [5, 5.41) is 11.1. The van der Waals surface area contributed by atoms with Crippen molar-refractivity contribution in [2.24, 2.45) is 5.73 Å². The Morgan fingerprint density at radius 3 is 2.70 bits per heavy atom. The molecule has 0 unspecified atom stereocenters. The molecule has 1 aliphatic heterocycles. The van der Waals surface area contributed by atoms with Crippen LogP contribution >= 0.6 is 0 Å². The minimum atomic E-state index is -1.08. The third-order valence-corrected chi connectivity index (χ3v) is 3.88. The van der Waals surface area contributed by atoms with Crippen LogP contribution in [-0.4, -0.2) is 47.3 Å². The van der Waals surface area contributed by atoms with Crippen LogP contribution < -0.4 is 16.0 Å². The number of nitrogens with one attached hydrogen (secondary N) is 1. The van der Waals surface area contributed by atoms with Crippen molar-refractivity contribution >= 4 is 29.4 Å². The lowest BCUT2D eigenvalue weighted by molar-refractivity contribution is -0.124. The third kappa shape index (κ3) is 3.85. The molecule has 2 aromatic rings. The molecule has 3 amide bonds. The van der Waals surface area contributed by atoms with Crippen LogP contribution in [0.5, 0.6) is 0 Å². The van der Waals surface area contributed by atoms with Crippen LogP contribution in [0, 0.1) is 5.82 Å². The van der Waals surface area contributed by atoms with Gasteiger partial charge in [-0.15, -0.1) is 0 Å². The van der Waals surface area contributed by atoms with Crippen molar-refractivity contribution in [2.45, 2.75) is 6.10 Å². The van der Waals surface area contributed by atoms with Crippen molar-refractivity contribution in [3.63, 3.8) is 0 Å². The summed E-state index contributed by atoms with van der Waals surface area (Å²) in [6, 6.07) is 7.11. The number of amides is 3. The molecule has 9 nitrogen and oxygen atoms in total. The highest BCUT2D eigenvalue weighted by Crippen LogP contribution is 2.29. The standard InChI is InChI=1S/C17H15FN4O5/c18-12-5-10(22-7-13(16(19)25)27-17(22)26)2-3-11(12)9-1-4-14(20-6-9)21-15(24)8-23/h1-6,13,23H,7-8H2,(H2,19,25)(H,20,21,24)/t13-/m1/s1. The molecular weight excluding hydrogens is 359 g/mol. The Labute approximate surface area is 152 Å². The fourth-order valence-corrected chi connectivity index (χ4v) is 2.54. The average molecular weight is 374 g/mol. The van der Waals surface area contributed by atoms with Gasteiger partial charge in [0.05, 0.1) is 12.2 Å². The summed E-state index contributed by atoms with van der Waals surface area (Å²) < 4.78 is 19.4. The molecule has 3 rings (SSSR count). The molecule has 1 aromatic carbocycles. The monoisotopic (exact) mass is 374 g/mol. The van der Waals surface area contributed by atoms with Gasteiger partial charge in [-0.2, -0.15) is 0 Å². The summed E-state index contributed by atoms with van der Waals surface area (Å²) in [5.74, 6) is -1.79. The SMILES string of the molecule is NC(=O)[C@H]1CN(c2ccc(-c3ccc(NC(=O)CO)nc3)c(F)c2)C(=O)O1. The number of rotatable bonds is 5. The molecule has 1 atom stereocenters. The lowest BCUT2D eigenvalue weighted by Crippen LogP contribution is -2.32. The second-order valence-electron chi connectivity index (χ2n) is 5.69. The molecule has 0 aliphatic carbocycles. The number of benzene rings is 1. The number of aromatic nitrogens is 1. The topological polar surface area (TPSA) is 135 Å². The second kappa shape index (κ2) is 7.38. The quantitative estimate of drug-likeness (QED) is 0.702. The van der Waals surface area contributed by atoms with Crippen molar-refractivity contribution in [3.05, 3.63) is 42.3 Å². The first-order chi connectivity index (χ1) is 12.9. The van der Waals surface area contributed by atoms with E-state index in [9.17, 15) is 18.8 Å². The first-order valence-corrected chi connectivity index (χ1v) is 7.83. The van der Waals surface area contributed by atoms with Crippen molar-refractivity contribution in [1.29, 1.82) is 0 Å². The Morgan fingerprint density at radius 2 is 2.15 bits per heavy atom. The first-order valence-electron chi connectivity index (χ1n) is 7.83. The van der Waals surface area contributed by atoms with E-state index in [-0.39, 0.29) is 23.6 Å². The number of aliphatic hydroxyl groups is 1. The lowest BCUT2D eigenvalue weighted by Gasteiger charge is -2.14. The lowest BCUT2D eigenvalue weighted by atomic mass is 10.1. The number of anilines is 2. The maximum absolute atomic E-state index is 14.5. The van der Waals surface area contributed by atoms with Crippen molar-refractivity contribution in [1.82, 2.24) is 4.98 Å². The van der Waals surface area contributed by atoms with Gasteiger partial charge in [-0.3, -0.25) is 14.5 Å². The maximum Gasteiger partial charge on any atom is 0.415 e. The molecule has 4 N–H and O–H groups in total. The summed E-state index contributed by atoms with van der Waals surface area (Å²) in [7, 11) is 0. The molecule has 1 saturated heterocycles. The van der Waals surface area contributed by atoms with Gasteiger partial charge in [0.25, 0.3) is 11.8 Å². The summed E-state index contributed by atoms with van der Waals surface area (Å²) in [6.45, 7) is -0.761. The molecule has 140 valence electrons. The number of hydrogen-bond acceptors (Lipinski definition) is 6. The zero-order valence-electron chi connectivity index (χ0n) is 13.9. The second-order valence-corrected chi connectivity index (χ2v) is 5.69. The highest BCUT2D eigenvalue weighted by Gasteiger charge is 2.36. The number of primary amides is 1. The van der Waals surface area contributed by atoms with E-state index in [1.54, 1.807) is 6.07 Å². The van der Waals surface area contributed by atoms with Crippen molar-refractivity contribution < 1.29 is 28.6 Å². The Hall–Kier alpha value is -3.53. The smallest absolute Gasteiger partial charge is 0.415 e. The number of hydrogen-bond donors (Lipinski definition) is 3. The molecule has 0 bridgehead atoms. The minimum absolute atomic E-state index is 0.0895. The van der Waals surface area contributed by atoms with Crippen LogP contribution in [-0.2, 0) is 14.3 Å². The van der Waals surface area contributed by atoms with E-state index in [0.717, 1.165) is 11.0 Å². The van der Waals surface area contributed by atoms with E-state index in [1.165, 1.54) is 24.4 Å². The van der Waals surface area contributed by atoms with E-state index in [1.807, 2.05) is 0 Å². The number of nitrogens with two attached hydrogens (primary N) is 1. The van der Waals surface area contributed by atoms with Crippen LogP contribution in [0.1, 0.15) is 0 Å². The van der Waals surface area contributed by atoms with Crippen LogP contribution in [0.2, 0.25) is 0 Å². The zero-order valence-corrected chi connectivity index (χ0v) is 13.9. The van der Waals surface area contributed by atoms with Gasteiger partial charge < -0.3 is 20.9 Å². The highest BCUT2D eigenvalue weighted by molar-refractivity contribution is 5.95. The number of nitrogens with zero attached hydrogens (tertiary/aromatic N) is 2. The van der Waals surface area contributed by atoms with E-state index in [2.05, 4.69) is 10.3 Å². The Bertz CT molecular complexity index is 903. The number of carbonyl (C=O) groups is 3. The van der Waals surface area contributed by atoms with Gasteiger partial charge in [-0.25, -0.2) is 14.2 Å². The number of cyclic esters (lactones) is 1. The first kappa shape index (κ1) is 18.3. The fraction of sp³-hybridized carbons (Fsp3) is 0.176. The largest absolute Gasteiger partial charge is 0.434 e. The number of ether oxygens (including phenoxy) is 1. The number of halogens is 1. The van der Waals surface area contributed by atoms with Gasteiger partial charge in [0.2, 0.25) is 0 Å². The molecule has 2 heterocycles. The van der Waals surface area contributed by atoms with Crippen molar-refractivity contribution in [2.75, 3.05) is 23.4 Å². The molecule has 1 aliphatic rings.